The van der Waals surface area contributed by atoms with Crippen LogP contribution in [0.2, 0.25) is 5.02 Å². The first-order valence-corrected chi connectivity index (χ1v) is 11.4. The van der Waals surface area contributed by atoms with Crippen LogP contribution >= 0.6 is 23.4 Å². The average Bonchev–Trinajstić information content (AvgIpc) is 2.99. The van der Waals surface area contributed by atoms with Crippen molar-refractivity contribution >= 4 is 34.2 Å². The molecule has 1 fully saturated rings. The summed E-state index contributed by atoms with van der Waals surface area (Å²) in [6.07, 6.45) is 6.39. The molecule has 1 aromatic heterocycles. The van der Waals surface area contributed by atoms with Gasteiger partial charge < -0.3 is 4.57 Å². The van der Waals surface area contributed by atoms with Gasteiger partial charge in [-0.1, -0.05) is 60.8 Å². The summed E-state index contributed by atoms with van der Waals surface area (Å²) in [5, 5.41) is 6.45. The lowest BCUT2D eigenvalue weighted by molar-refractivity contribution is 0.443. The van der Waals surface area contributed by atoms with E-state index in [4.69, 9.17) is 16.6 Å². The van der Waals surface area contributed by atoms with Crippen LogP contribution in [0.25, 0.3) is 0 Å². The van der Waals surface area contributed by atoms with Crippen molar-refractivity contribution in [1.82, 2.24) is 9.99 Å². The average molecular weight is 415 g/mol. The predicted octanol–water partition coefficient (Wildman–Crippen LogP) is 5.54. The van der Waals surface area contributed by atoms with Crippen LogP contribution in [0.4, 0.5) is 0 Å². The molecular weight excluding hydrogens is 388 g/mol. The number of rotatable bonds is 4. The summed E-state index contributed by atoms with van der Waals surface area (Å²) in [5.74, 6) is 0.856. The number of hydrogen-bond acceptors (Lipinski definition) is 3. The smallest absolute Gasteiger partial charge is 0.177 e. The van der Waals surface area contributed by atoms with Gasteiger partial charge in [-0.25, -0.2) is 0 Å². The van der Waals surface area contributed by atoms with Crippen molar-refractivity contribution in [3.63, 3.8) is 0 Å². The number of nitrogens with one attached hydrogen (secondary N) is 1. The molecule has 0 spiro atoms. The van der Waals surface area contributed by atoms with Gasteiger partial charge in [-0.2, -0.15) is 5.10 Å². The Balaban J connectivity index is 1.51. The van der Waals surface area contributed by atoms with Gasteiger partial charge in [-0.05, 0) is 44.4 Å². The van der Waals surface area contributed by atoms with E-state index in [2.05, 4.69) is 41.1 Å². The van der Waals surface area contributed by atoms with Gasteiger partial charge in [0, 0.05) is 34.3 Å². The molecule has 0 amide bonds. The first-order valence-electron chi connectivity index (χ1n) is 10.1. The fourth-order valence-corrected chi connectivity index (χ4v) is 5.05. The molecule has 0 saturated heterocycles. The van der Waals surface area contributed by atoms with Crippen molar-refractivity contribution < 1.29 is 0 Å². The lowest BCUT2D eigenvalue weighted by Crippen LogP contribution is -2.27. The van der Waals surface area contributed by atoms with Crippen molar-refractivity contribution in [2.24, 2.45) is 10.1 Å². The van der Waals surface area contributed by atoms with Crippen LogP contribution in [0.15, 0.2) is 40.4 Å². The van der Waals surface area contributed by atoms with Crippen molar-refractivity contribution in [3.8, 4) is 0 Å². The summed E-state index contributed by atoms with van der Waals surface area (Å²) >= 11 is 8.13. The van der Waals surface area contributed by atoms with Crippen molar-refractivity contribution in [2.75, 3.05) is 5.75 Å². The lowest BCUT2D eigenvalue weighted by atomic mass is 9.96. The third-order valence-electron chi connectivity index (χ3n) is 5.68. The maximum Gasteiger partial charge on any atom is 0.177 e. The Labute approximate surface area is 176 Å². The summed E-state index contributed by atoms with van der Waals surface area (Å²) in [4.78, 5) is 4.88. The van der Waals surface area contributed by atoms with Gasteiger partial charge in [0.1, 0.15) is 0 Å². The first kappa shape index (κ1) is 19.6. The Morgan fingerprint density at radius 2 is 2.00 bits per heavy atom. The van der Waals surface area contributed by atoms with Gasteiger partial charge in [0.15, 0.2) is 5.17 Å². The highest BCUT2D eigenvalue weighted by Gasteiger charge is 2.20. The van der Waals surface area contributed by atoms with E-state index in [1.807, 2.05) is 18.2 Å². The largest absolute Gasteiger partial charge is 0.344 e. The van der Waals surface area contributed by atoms with Crippen LogP contribution in [-0.4, -0.2) is 27.2 Å². The van der Waals surface area contributed by atoms with Crippen LogP contribution < -0.4 is 5.43 Å². The number of nitrogens with zero attached hydrogens (tertiary/aromatic N) is 3. The molecule has 6 heteroatoms. The molecule has 148 valence electrons. The van der Waals surface area contributed by atoms with E-state index >= 15 is 0 Å². The standard InChI is InChI=1S/C22H27ClN4S/c1-15-12-19(16(2)27(15)13-17-8-6-7-11-20(17)23)21-14-28-22(26-25-21)24-18-9-4-3-5-10-18/h6-8,11-12,18H,3-5,9-10,13-14H2,1-2H3,(H,24,26). The molecule has 2 aliphatic rings. The normalized spacial score (nSPS) is 19.5. The Kier molecular flexibility index (Phi) is 6.12. The number of aromatic nitrogens is 1. The van der Waals surface area contributed by atoms with Gasteiger partial charge in [-0.15, -0.1) is 0 Å². The highest BCUT2D eigenvalue weighted by atomic mass is 35.5. The molecule has 2 heterocycles. The molecular formula is C22H27ClN4S. The highest BCUT2D eigenvalue weighted by Crippen LogP contribution is 2.25. The molecule has 0 radical (unpaired) electrons. The van der Waals surface area contributed by atoms with Gasteiger partial charge in [0.25, 0.3) is 0 Å². The molecule has 1 saturated carbocycles. The van der Waals surface area contributed by atoms with Gasteiger partial charge in [0.2, 0.25) is 0 Å². The lowest BCUT2D eigenvalue weighted by Gasteiger charge is -2.21. The zero-order valence-corrected chi connectivity index (χ0v) is 18.1. The fraction of sp³-hybridized carbons (Fsp3) is 0.455. The van der Waals surface area contributed by atoms with E-state index in [0.717, 1.165) is 33.8 Å². The highest BCUT2D eigenvalue weighted by molar-refractivity contribution is 8.14. The third-order valence-corrected chi connectivity index (χ3v) is 6.93. The maximum absolute atomic E-state index is 6.37. The quantitative estimate of drug-likeness (QED) is 0.713. The van der Waals surface area contributed by atoms with Crippen LogP contribution in [0, 0.1) is 13.8 Å². The number of aliphatic imine (C=N–C) groups is 1. The molecule has 0 bridgehead atoms. The number of thioether (sulfide) groups is 1. The zero-order chi connectivity index (χ0) is 19.5. The van der Waals surface area contributed by atoms with E-state index in [9.17, 15) is 0 Å². The Morgan fingerprint density at radius 1 is 1.21 bits per heavy atom. The van der Waals surface area contributed by atoms with Crippen LogP contribution in [-0.2, 0) is 6.54 Å². The van der Waals surface area contributed by atoms with E-state index in [1.54, 1.807) is 11.8 Å². The van der Waals surface area contributed by atoms with Crippen LogP contribution in [0.5, 0.6) is 0 Å². The molecule has 2 aromatic rings. The molecule has 4 nitrogen and oxygen atoms in total. The Hall–Kier alpha value is -1.72. The Morgan fingerprint density at radius 3 is 2.71 bits per heavy atom. The molecule has 1 aliphatic heterocycles. The first-order chi connectivity index (χ1) is 13.6. The molecule has 1 aliphatic carbocycles. The number of halogens is 1. The molecule has 1 N–H and O–H groups in total. The van der Waals surface area contributed by atoms with E-state index in [1.165, 1.54) is 49.1 Å². The molecule has 4 rings (SSSR count). The number of amidine groups is 1. The topological polar surface area (TPSA) is 41.7 Å². The van der Waals surface area contributed by atoms with Gasteiger partial charge >= 0.3 is 0 Å². The fourth-order valence-electron chi connectivity index (χ4n) is 4.03. The van der Waals surface area contributed by atoms with Crippen LogP contribution in [0.1, 0.15) is 54.6 Å². The number of hydrogen-bond donors (Lipinski definition) is 1. The molecule has 1 aromatic carbocycles. The maximum atomic E-state index is 6.37. The second kappa shape index (κ2) is 8.75. The minimum atomic E-state index is 0.473. The predicted molar refractivity (Wildman–Crippen MR) is 121 cm³/mol. The van der Waals surface area contributed by atoms with Crippen molar-refractivity contribution in [3.05, 3.63) is 57.9 Å². The van der Waals surface area contributed by atoms with Crippen molar-refractivity contribution in [1.29, 1.82) is 0 Å². The second-order valence-corrected chi connectivity index (χ2v) is 9.02. The summed E-state index contributed by atoms with van der Waals surface area (Å²) in [6, 6.07) is 10.8. The van der Waals surface area contributed by atoms with Gasteiger partial charge in [0.05, 0.1) is 11.8 Å². The second-order valence-electron chi connectivity index (χ2n) is 7.65. The number of aryl methyl sites for hydroxylation is 1. The van der Waals surface area contributed by atoms with Gasteiger partial charge in [-0.3, -0.25) is 10.4 Å². The van der Waals surface area contributed by atoms with E-state index in [0.29, 0.717) is 6.04 Å². The summed E-state index contributed by atoms with van der Waals surface area (Å²) < 4.78 is 2.31. The van der Waals surface area contributed by atoms with E-state index < -0.39 is 0 Å². The summed E-state index contributed by atoms with van der Waals surface area (Å²) in [5.41, 5.74) is 9.09. The SMILES string of the molecule is Cc1cc(C2=NNC(=NC3CCCCC3)SC2)c(C)n1Cc1ccccc1Cl. The molecule has 28 heavy (non-hydrogen) atoms. The zero-order valence-electron chi connectivity index (χ0n) is 16.5. The monoisotopic (exact) mass is 414 g/mol. The van der Waals surface area contributed by atoms with Crippen LogP contribution in [0.3, 0.4) is 0 Å². The van der Waals surface area contributed by atoms with Crippen molar-refractivity contribution in [2.45, 2.75) is 58.5 Å². The third kappa shape index (κ3) is 4.31. The minimum absolute atomic E-state index is 0.473. The summed E-state index contributed by atoms with van der Waals surface area (Å²) in [6.45, 7) is 5.09. The summed E-state index contributed by atoms with van der Waals surface area (Å²) in [7, 11) is 0. The Bertz CT molecular complexity index is 909. The molecule has 0 unspecified atom stereocenters. The molecule has 0 atom stereocenters. The van der Waals surface area contributed by atoms with E-state index in [-0.39, 0.29) is 0 Å². The number of hydrazone groups is 1. The number of benzene rings is 1. The minimum Gasteiger partial charge on any atom is -0.344 e.